The first kappa shape index (κ1) is 17.9. The molecule has 4 aromatic rings. The zero-order chi connectivity index (χ0) is 19.8. The highest BCUT2D eigenvalue weighted by Gasteiger charge is 2.15. The summed E-state index contributed by atoms with van der Waals surface area (Å²) in [4.78, 5) is 15.3. The first-order chi connectivity index (χ1) is 13.4. The van der Waals surface area contributed by atoms with Gasteiger partial charge in [0.25, 0.3) is 5.69 Å². The van der Waals surface area contributed by atoms with Crippen LogP contribution in [0.15, 0.2) is 54.7 Å². The Hall–Kier alpha value is -3.52. The van der Waals surface area contributed by atoms with Gasteiger partial charge in [0, 0.05) is 23.2 Å². The maximum atomic E-state index is 14.2. The molecule has 0 spiro atoms. The molecule has 0 aliphatic rings. The van der Waals surface area contributed by atoms with Gasteiger partial charge in [0.05, 0.1) is 21.2 Å². The first-order valence-electron chi connectivity index (χ1n) is 8.23. The number of aromatic hydroxyl groups is 1. The second kappa shape index (κ2) is 6.90. The smallest absolute Gasteiger partial charge is 0.272 e. The molecule has 0 aliphatic carbocycles. The number of hydrogen-bond acceptors (Lipinski definition) is 6. The van der Waals surface area contributed by atoms with Crippen molar-refractivity contribution in [1.82, 2.24) is 4.98 Å². The quantitative estimate of drug-likeness (QED) is 0.347. The molecular weight excluding hydrogens is 383 g/mol. The summed E-state index contributed by atoms with van der Waals surface area (Å²) < 4.78 is 20.6. The van der Waals surface area contributed by atoms with E-state index in [-0.39, 0.29) is 17.2 Å². The van der Waals surface area contributed by atoms with Crippen molar-refractivity contribution in [3.05, 3.63) is 76.2 Å². The number of halogens is 1. The number of phenolic OH excluding ortho intramolecular Hbond substituents is 1. The topological polar surface area (TPSA) is 85.5 Å². The minimum Gasteiger partial charge on any atom is -0.508 e. The average Bonchev–Trinajstić information content (AvgIpc) is 3.10. The molecule has 0 saturated heterocycles. The second-order valence-corrected chi connectivity index (χ2v) is 7.16. The van der Waals surface area contributed by atoms with E-state index in [9.17, 15) is 19.6 Å². The van der Waals surface area contributed by atoms with Crippen LogP contribution in [-0.2, 0) is 0 Å². The Bertz CT molecular complexity index is 1220. The molecule has 0 fully saturated rings. The molecule has 2 heterocycles. The van der Waals surface area contributed by atoms with E-state index < -0.39 is 10.7 Å². The number of ether oxygens (including phenoxy) is 1. The van der Waals surface area contributed by atoms with Crippen molar-refractivity contribution in [2.45, 2.75) is 6.92 Å². The van der Waals surface area contributed by atoms with Crippen LogP contribution in [0.2, 0.25) is 0 Å². The van der Waals surface area contributed by atoms with Crippen molar-refractivity contribution in [2.75, 3.05) is 0 Å². The van der Waals surface area contributed by atoms with Crippen molar-refractivity contribution in [1.29, 1.82) is 0 Å². The Balaban J connectivity index is 1.73. The summed E-state index contributed by atoms with van der Waals surface area (Å²) in [7, 11) is 0. The summed E-state index contributed by atoms with van der Waals surface area (Å²) in [6.45, 7) is 1.82. The van der Waals surface area contributed by atoms with E-state index in [1.165, 1.54) is 23.5 Å². The van der Waals surface area contributed by atoms with Gasteiger partial charge in [-0.3, -0.25) is 15.1 Å². The van der Waals surface area contributed by atoms with Gasteiger partial charge in [0.2, 0.25) is 0 Å². The SMILES string of the molecule is Cc1cc(-c2cc3nccc(Oc4ccc([N+](=O)[O-])cc4F)c3s2)ccc1O. The highest BCUT2D eigenvalue weighted by atomic mass is 32.1. The predicted molar refractivity (Wildman–Crippen MR) is 105 cm³/mol. The van der Waals surface area contributed by atoms with E-state index in [1.54, 1.807) is 18.3 Å². The van der Waals surface area contributed by atoms with Gasteiger partial charge in [0.1, 0.15) is 11.5 Å². The van der Waals surface area contributed by atoms with E-state index in [1.807, 2.05) is 25.1 Å². The monoisotopic (exact) mass is 396 g/mol. The first-order valence-corrected chi connectivity index (χ1v) is 9.04. The third-order valence-corrected chi connectivity index (χ3v) is 5.39. The number of pyridine rings is 1. The van der Waals surface area contributed by atoms with Crippen LogP contribution in [0.25, 0.3) is 20.7 Å². The number of rotatable bonds is 4. The van der Waals surface area contributed by atoms with Crippen molar-refractivity contribution in [2.24, 2.45) is 0 Å². The van der Waals surface area contributed by atoms with Crippen molar-refractivity contribution in [3.8, 4) is 27.7 Å². The Morgan fingerprint density at radius 1 is 1.14 bits per heavy atom. The zero-order valence-electron chi connectivity index (χ0n) is 14.5. The van der Waals surface area contributed by atoms with Gasteiger partial charge < -0.3 is 9.84 Å². The molecule has 6 nitrogen and oxygen atoms in total. The Morgan fingerprint density at radius 3 is 2.68 bits per heavy atom. The summed E-state index contributed by atoms with van der Waals surface area (Å²) in [5.41, 5.74) is 2.02. The maximum absolute atomic E-state index is 14.2. The Kier molecular flexibility index (Phi) is 4.40. The molecule has 140 valence electrons. The predicted octanol–water partition coefficient (Wildman–Crippen LogP) is 5.82. The van der Waals surface area contributed by atoms with Crippen LogP contribution in [0.4, 0.5) is 10.1 Å². The van der Waals surface area contributed by atoms with Crippen LogP contribution in [0, 0.1) is 22.9 Å². The number of aryl methyl sites for hydroxylation is 1. The lowest BCUT2D eigenvalue weighted by molar-refractivity contribution is -0.385. The molecule has 2 aromatic carbocycles. The Morgan fingerprint density at radius 2 is 1.96 bits per heavy atom. The number of nitro groups is 1. The summed E-state index contributed by atoms with van der Waals surface area (Å²) in [5, 5.41) is 20.5. The third kappa shape index (κ3) is 3.25. The number of thiophene rings is 1. The molecule has 8 heteroatoms. The molecule has 0 unspecified atom stereocenters. The van der Waals surface area contributed by atoms with Crippen LogP contribution in [-0.4, -0.2) is 15.0 Å². The number of aromatic nitrogens is 1. The lowest BCUT2D eigenvalue weighted by Gasteiger charge is -2.07. The fourth-order valence-electron chi connectivity index (χ4n) is 2.75. The highest BCUT2D eigenvalue weighted by molar-refractivity contribution is 7.22. The average molecular weight is 396 g/mol. The molecule has 0 saturated carbocycles. The van der Waals surface area contributed by atoms with Gasteiger partial charge in [-0.05, 0) is 48.4 Å². The van der Waals surface area contributed by atoms with Crippen molar-refractivity contribution in [3.63, 3.8) is 0 Å². The van der Waals surface area contributed by atoms with Gasteiger partial charge in [-0.1, -0.05) is 0 Å². The van der Waals surface area contributed by atoms with E-state index >= 15 is 0 Å². The molecule has 0 radical (unpaired) electrons. The van der Waals surface area contributed by atoms with Gasteiger partial charge in [-0.2, -0.15) is 0 Å². The normalized spacial score (nSPS) is 10.9. The van der Waals surface area contributed by atoms with Gasteiger partial charge in [0.15, 0.2) is 11.6 Å². The molecule has 1 N–H and O–H groups in total. The second-order valence-electron chi connectivity index (χ2n) is 6.11. The molecule has 0 atom stereocenters. The standard InChI is InChI=1S/C20H13FN2O4S/c1-11-8-12(2-4-16(11)24)19-10-15-20(28-19)18(6-7-22-15)27-17-5-3-13(23(25)26)9-14(17)21/h2-10,24H,1H3. The van der Waals surface area contributed by atoms with Crippen LogP contribution in [0.5, 0.6) is 17.2 Å². The number of non-ortho nitro benzene ring substituents is 1. The van der Waals surface area contributed by atoms with Crippen LogP contribution < -0.4 is 4.74 Å². The highest BCUT2D eigenvalue weighted by Crippen LogP contribution is 2.40. The number of phenols is 1. The van der Waals surface area contributed by atoms with Crippen molar-refractivity contribution >= 4 is 27.2 Å². The van der Waals surface area contributed by atoms with E-state index in [0.29, 0.717) is 11.3 Å². The van der Waals surface area contributed by atoms with E-state index in [0.717, 1.165) is 26.8 Å². The molecular formula is C20H13FN2O4S. The lowest BCUT2D eigenvalue weighted by atomic mass is 10.1. The number of benzene rings is 2. The van der Waals surface area contributed by atoms with Crippen LogP contribution >= 0.6 is 11.3 Å². The molecule has 0 aliphatic heterocycles. The Labute approximate surface area is 162 Å². The minimum atomic E-state index is -0.815. The molecule has 2 aromatic heterocycles. The minimum absolute atomic E-state index is 0.103. The molecule has 4 rings (SSSR count). The summed E-state index contributed by atoms with van der Waals surface area (Å²) in [5.74, 6) is -0.288. The number of fused-ring (bicyclic) bond motifs is 1. The maximum Gasteiger partial charge on any atom is 0.272 e. The molecule has 28 heavy (non-hydrogen) atoms. The summed E-state index contributed by atoms with van der Waals surface area (Å²) >= 11 is 1.42. The van der Waals surface area contributed by atoms with Crippen molar-refractivity contribution < 1.29 is 19.2 Å². The van der Waals surface area contributed by atoms with Gasteiger partial charge >= 0.3 is 0 Å². The third-order valence-electron chi connectivity index (χ3n) is 4.20. The van der Waals surface area contributed by atoms with E-state index in [2.05, 4.69) is 4.98 Å². The van der Waals surface area contributed by atoms with Gasteiger partial charge in [-0.15, -0.1) is 11.3 Å². The summed E-state index contributed by atoms with van der Waals surface area (Å²) in [6.07, 6.45) is 1.56. The number of hydrogen-bond donors (Lipinski definition) is 1. The fraction of sp³-hybridized carbons (Fsp3) is 0.0500. The van der Waals surface area contributed by atoms with E-state index in [4.69, 9.17) is 4.74 Å². The summed E-state index contributed by atoms with van der Waals surface area (Å²) in [6, 6.07) is 12.1. The lowest BCUT2D eigenvalue weighted by Crippen LogP contribution is -1.92. The molecule has 0 bridgehead atoms. The van der Waals surface area contributed by atoms with Gasteiger partial charge in [-0.25, -0.2) is 4.39 Å². The number of nitrogens with zero attached hydrogens (tertiary/aromatic N) is 2. The zero-order valence-corrected chi connectivity index (χ0v) is 15.4. The van der Waals surface area contributed by atoms with Crippen LogP contribution in [0.1, 0.15) is 5.56 Å². The number of nitro benzene ring substituents is 1. The fourth-order valence-corrected chi connectivity index (χ4v) is 3.81. The van der Waals surface area contributed by atoms with Crippen LogP contribution in [0.3, 0.4) is 0 Å². The molecule has 0 amide bonds. The largest absolute Gasteiger partial charge is 0.508 e.